The Balaban J connectivity index is 2.02. The smallest absolute Gasteiger partial charge is 0.268 e. The summed E-state index contributed by atoms with van der Waals surface area (Å²) >= 11 is 1.61. The number of nitrogens with zero attached hydrogens (tertiary/aromatic N) is 1. The highest BCUT2D eigenvalue weighted by molar-refractivity contribution is 7.09. The molecule has 5 heteroatoms. The van der Waals surface area contributed by atoms with E-state index in [1.54, 1.807) is 25.2 Å². The first-order valence-corrected chi connectivity index (χ1v) is 6.91. The Bertz CT molecular complexity index is 661. The minimum atomic E-state index is -0.828. The van der Waals surface area contributed by atoms with Gasteiger partial charge in [-0.2, -0.15) is 0 Å². The second-order valence-corrected chi connectivity index (χ2v) is 6.09. The third-order valence-electron chi connectivity index (χ3n) is 3.05. The van der Waals surface area contributed by atoms with Crippen LogP contribution < -0.4 is 10.1 Å². The Hall–Kier alpha value is -1.88. The molecular formula is C14H14N2O2S. The zero-order valence-corrected chi connectivity index (χ0v) is 11.8. The van der Waals surface area contributed by atoms with E-state index in [4.69, 9.17) is 4.74 Å². The van der Waals surface area contributed by atoms with Gasteiger partial charge < -0.3 is 10.1 Å². The van der Waals surface area contributed by atoms with Crippen LogP contribution in [-0.2, 0) is 4.79 Å². The Morgan fingerprint density at radius 1 is 1.37 bits per heavy atom. The summed E-state index contributed by atoms with van der Waals surface area (Å²) in [7, 11) is 0. The average molecular weight is 274 g/mol. The standard InChI is InChI=1S/C14H14N2O2S/c1-8-15-11(7-19-8)9-4-5-12-10(6-9)16-13(17)14(2,3)18-12/h4-7H,1-3H3,(H,16,17). The van der Waals surface area contributed by atoms with Crippen LogP contribution in [0.1, 0.15) is 18.9 Å². The Morgan fingerprint density at radius 3 is 2.84 bits per heavy atom. The van der Waals surface area contributed by atoms with Crippen molar-refractivity contribution in [1.82, 2.24) is 4.98 Å². The summed E-state index contributed by atoms with van der Waals surface area (Å²) in [5, 5.41) is 5.91. The first-order valence-electron chi connectivity index (χ1n) is 6.03. The van der Waals surface area contributed by atoms with Crippen LogP contribution in [0, 0.1) is 6.92 Å². The number of carbonyl (C=O) groups is 1. The molecule has 0 atom stereocenters. The van der Waals surface area contributed by atoms with E-state index in [0.717, 1.165) is 16.3 Å². The molecule has 2 aromatic rings. The van der Waals surface area contributed by atoms with Gasteiger partial charge in [-0.3, -0.25) is 4.79 Å². The quantitative estimate of drug-likeness (QED) is 0.868. The summed E-state index contributed by atoms with van der Waals surface area (Å²) < 4.78 is 5.70. The SMILES string of the molecule is Cc1nc(-c2ccc3c(c2)NC(=O)C(C)(C)O3)cs1. The maximum atomic E-state index is 11.9. The van der Waals surface area contributed by atoms with E-state index in [2.05, 4.69) is 10.3 Å². The Kier molecular flexibility index (Phi) is 2.60. The first kappa shape index (κ1) is 12.2. The highest BCUT2D eigenvalue weighted by Gasteiger charge is 2.35. The number of nitrogens with one attached hydrogen (secondary N) is 1. The summed E-state index contributed by atoms with van der Waals surface area (Å²) in [5.74, 6) is 0.562. The van der Waals surface area contributed by atoms with Crippen molar-refractivity contribution in [3.8, 4) is 17.0 Å². The number of rotatable bonds is 1. The molecule has 0 unspecified atom stereocenters. The van der Waals surface area contributed by atoms with Gasteiger partial charge in [0.1, 0.15) is 5.75 Å². The maximum absolute atomic E-state index is 11.9. The molecule has 0 bridgehead atoms. The number of hydrogen-bond donors (Lipinski definition) is 1. The van der Waals surface area contributed by atoms with E-state index in [9.17, 15) is 4.79 Å². The number of carbonyl (C=O) groups excluding carboxylic acids is 1. The third-order valence-corrected chi connectivity index (χ3v) is 3.83. The van der Waals surface area contributed by atoms with Gasteiger partial charge in [-0.25, -0.2) is 4.98 Å². The summed E-state index contributed by atoms with van der Waals surface area (Å²) in [4.78, 5) is 16.3. The molecule has 3 rings (SSSR count). The van der Waals surface area contributed by atoms with Gasteiger partial charge in [0.15, 0.2) is 5.60 Å². The molecule has 0 saturated heterocycles. The summed E-state index contributed by atoms with van der Waals surface area (Å²) in [6, 6.07) is 5.73. The second-order valence-electron chi connectivity index (χ2n) is 5.03. The van der Waals surface area contributed by atoms with E-state index >= 15 is 0 Å². The molecule has 1 N–H and O–H groups in total. The van der Waals surface area contributed by atoms with Crippen molar-refractivity contribution >= 4 is 22.9 Å². The minimum absolute atomic E-state index is 0.133. The van der Waals surface area contributed by atoms with Crippen LogP contribution >= 0.6 is 11.3 Å². The van der Waals surface area contributed by atoms with Crippen LogP contribution in [0.2, 0.25) is 0 Å². The molecule has 0 aliphatic carbocycles. The topological polar surface area (TPSA) is 51.2 Å². The lowest BCUT2D eigenvalue weighted by molar-refractivity contribution is -0.129. The largest absolute Gasteiger partial charge is 0.476 e. The van der Waals surface area contributed by atoms with Crippen molar-refractivity contribution < 1.29 is 9.53 Å². The van der Waals surface area contributed by atoms with Crippen molar-refractivity contribution in [2.75, 3.05) is 5.32 Å². The normalized spacial score (nSPS) is 16.5. The van der Waals surface area contributed by atoms with Crippen molar-refractivity contribution in [2.24, 2.45) is 0 Å². The molecule has 0 saturated carbocycles. The average Bonchev–Trinajstić information content (AvgIpc) is 2.76. The van der Waals surface area contributed by atoms with Gasteiger partial charge in [0.2, 0.25) is 0 Å². The van der Waals surface area contributed by atoms with Crippen LogP contribution in [-0.4, -0.2) is 16.5 Å². The Labute approximate surface area is 115 Å². The Morgan fingerprint density at radius 2 is 2.16 bits per heavy atom. The lowest BCUT2D eigenvalue weighted by Gasteiger charge is -2.31. The van der Waals surface area contributed by atoms with E-state index in [1.165, 1.54) is 0 Å². The summed E-state index contributed by atoms with van der Waals surface area (Å²) in [5.41, 5.74) is 1.77. The third kappa shape index (κ3) is 2.10. The predicted octanol–water partition coefficient (Wildman–Crippen LogP) is 3.23. The van der Waals surface area contributed by atoms with E-state index in [1.807, 2.05) is 30.5 Å². The fraction of sp³-hybridized carbons (Fsp3) is 0.286. The number of benzene rings is 1. The molecule has 1 aliphatic rings. The number of aromatic nitrogens is 1. The molecule has 0 spiro atoms. The fourth-order valence-corrected chi connectivity index (χ4v) is 2.59. The monoisotopic (exact) mass is 274 g/mol. The van der Waals surface area contributed by atoms with Crippen molar-refractivity contribution in [2.45, 2.75) is 26.4 Å². The minimum Gasteiger partial charge on any atom is -0.476 e. The number of aryl methyl sites for hydroxylation is 1. The molecule has 2 heterocycles. The lowest BCUT2D eigenvalue weighted by Crippen LogP contribution is -2.45. The van der Waals surface area contributed by atoms with Crippen LogP contribution in [0.5, 0.6) is 5.75 Å². The lowest BCUT2D eigenvalue weighted by atomic mass is 10.0. The zero-order valence-electron chi connectivity index (χ0n) is 11.0. The van der Waals surface area contributed by atoms with Crippen LogP contribution in [0.3, 0.4) is 0 Å². The second kappa shape index (κ2) is 4.06. The van der Waals surface area contributed by atoms with Gasteiger partial charge in [0.25, 0.3) is 5.91 Å². The molecule has 1 amide bonds. The first-order chi connectivity index (χ1) is 8.95. The van der Waals surface area contributed by atoms with E-state index < -0.39 is 5.60 Å². The number of anilines is 1. The number of ether oxygens (including phenoxy) is 1. The number of amides is 1. The maximum Gasteiger partial charge on any atom is 0.268 e. The van der Waals surface area contributed by atoms with Crippen LogP contribution in [0.25, 0.3) is 11.3 Å². The molecule has 4 nitrogen and oxygen atoms in total. The molecule has 1 aliphatic heterocycles. The number of fused-ring (bicyclic) bond motifs is 1. The van der Waals surface area contributed by atoms with Gasteiger partial charge >= 0.3 is 0 Å². The molecule has 1 aromatic heterocycles. The molecule has 0 radical (unpaired) electrons. The van der Waals surface area contributed by atoms with Crippen LogP contribution in [0.4, 0.5) is 5.69 Å². The van der Waals surface area contributed by atoms with Gasteiger partial charge in [0, 0.05) is 10.9 Å². The van der Waals surface area contributed by atoms with Crippen LogP contribution in [0.15, 0.2) is 23.6 Å². The summed E-state index contributed by atoms with van der Waals surface area (Å²) in [6.45, 7) is 5.48. The highest BCUT2D eigenvalue weighted by atomic mass is 32.1. The van der Waals surface area contributed by atoms with Gasteiger partial charge in [-0.1, -0.05) is 0 Å². The van der Waals surface area contributed by atoms with Crippen molar-refractivity contribution in [3.63, 3.8) is 0 Å². The molecular weight excluding hydrogens is 260 g/mol. The summed E-state index contributed by atoms with van der Waals surface area (Å²) in [6.07, 6.45) is 0. The van der Waals surface area contributed by atoms with E-state index in [0.29, 0.717) is 11.4 Å². The van der Waals surface area contributed by atoms with Crippen molar-refractivity contribution in [1.29, 1.82) is 0 Å². The van der Waals surface area contributed by atoms with Gasteiger partial charge in [0.05, 0.1) is 16.4 Å². The highest BCUT2D eigenvalue weighted by Crippen LogP contribution is 2.36. The number of thiazole rings is 1. The zero-order chi connectivity index (χ0) is 13.6. The fourth-order valence-electron chi connectivity index (χ4n) is 1.97. The van der Waals surface area contributed by atoms with Gasteiger partial charge in [-0.05, 0) is 39.0 Å². The van der Waals surface area contributed by atoms with E-state index in [-0.39, 0.29) is 5.91 Å². The molecule has 0 fully saturated rings. The molecule has 98 valence electrons. The molecule has 1 aromatic carbocycles. The van der Waals surface area contributed by atoms with Gasteiger partial charge in [-0.15, -0.1) is 11.3 Å². The predicted molar refractivity (Wildman–Crippen MR) is 75.6 cm³/mol. The number of hydrogen-bond acceptors (Lipinski definition) is 4. The van der Waals surface area contributed by atoms with Crippen molar-refractivity contribution in [3.05, 3.63) is 28.6 Å². The molecule has 19 heavy (non-hydrogen) atoms.